The lowest BCUT2D eigenvalue weighted by atomic mass is 9.64. The van der Waals surface area contributed by atoms with Gasteiger partial charge in [-0.05, 0) is 71.4 Å². The van der Waals surface area contributed by atoms with Gasteiger partial charge in [0.15, 0.2) is 0 Å². The number of fused-ring (bicyclic) bond motifs is 4. The Morgan fingerprint density at radius 1 is 1.11 bits per heavy atom. The molecule has 0 unspecified atom stereocenters. The van der Waals surface area contributed by atoms with E-state index in [2.05, 4.69) is 14.8 Å². The maximum atomic E-state index is 14.0. The molecule has 3 aliphatic carbocycles. The first-order valence-corrected chi connectivity index (χ1v) is 13.9. The standard InChI is InChI=1S/C23H27F3N4O4S2/c1-13-17(30-19(27-13)35-18(28-30)20(2,3)31)14-4-5-15(23(24,25)26)16(12-14)36(33,34)29-21-6-9-22(32,10-7-21)11-8-21/h4-5,12,29,31-32H,6-11H2,1-3H3. The van der Waals surface area contributed by atoms with E-state index in [1.165, 1.54) is 10.6 Å². The van der Waals surface area contributed by atoms with E-state index in [0.717, 1.165) is 23.5 Å². The molecule has 0 radical (unpaired) electrons. The van der Waals surface area contributed by atoms with Crippen molar-refractivity contribution in [1.29, 1.82) is 0 Å². The van der Waals surface area contributed by atoms with Crippen LogP contribution in [0.5, 0.6) is 0 Å². The van der Waals surface area contributed by atoms with Gasteiger partial charge in [0.25, 0.3) is 0 Å². The zero-order valence-electron chi connectivity index (χ0n) is 20.0. The van der Waals surface area contributed by atoms with Crippen molar-refractivity contribution in [3.8, 4) is 11.3 Å². The third kappa shape index (κ3) is 4.34. The highest BCUT2D eigenvalue weighted by atomic mass is 32.2. The number of benzene rings is 1. The summed E-state index contributed by atoms with van der Waals surface area (Å²) in [6.45, 7) is 4.78. The molecule has 196 valence electrons. The normalized spacial score (nSPS) is 25.1. The zero-order chi connectivity index (χ0) is 26.3. The minimum Gasteiger partial charge on any atom is -0.390 e. The molecule has 2 bridgehead atoms. The zero-order valence-corrected chi connectivity index (χ0v) is 21.6. The van der Waals surface area contributed by atoms with Gasteiger partial charge in [-0.25, -0.2) is 22.6 Å². The lowest BCUT2D eigenvalue weighted by Crippen LogP contribution is -2.58. The number of imidazole rings is 1. The monoisotopic (exact) mass is 544 g/mol. The molecule has 0 saturated heterocycles. The van der Waals surface area contributed by atoms with Crippen LogP contribution in [0.25, 0.3) is 16.2 Å². The Balaban J connectivity index is 1.61. The quantitative estimate of drug-likeness (QED) is 0.445. The van der Waals surface area contributed by atoms with Gasteiger partial charge in [-0.1, -0.05) is 17.4 Å². The Labute approximate surface area is 210 Å². The maximum Gasteiger partial charge on any atom is 0.417 e. The first kappa shape index (κ1) is 25.6. The van der Waals surface area contributed by atoms with E-state index in [4.69, 9.17) is 0 Å². The van der Waals surface area contributed by atoms with Crippen molar-refractivity contribution in [2.45, 2.75) is 87.1 Å². The van der Waals surface area contributed by atoms with Crippen LogP contribution in [0, 0.1) is 6.92 Å². The molecule has 0 amide bonds. The Morgan fingerprint density at radius 2 is 1.72 bits per heavy atom. The van der Waals surface area contributed by atoms with E-state index in [1.54, 1.807) is 20.8 Å². The average molecular weight is 545 g/mol. The number of alkyl halides is 3. The topological polar surface area (TPSA) is 117 Å². The minimum absolute atomic E-state index is 0.208. The third-order valence-corrected chi connectivity index (χ3v) is 10.1. The van der Waals surface area contributed by atoms with Gasteiger partial charge < -0.3 is 10.2 Å². The Morgan fingerprint density at radius 3 is 2.28 bits per heavy atom. The van der Waals surface area contributed by atoms with Crippen molar-refractivity contribution in [3.63, 3.8) is 0 Å². The van der Waals surface area contributed by atoms with Gasteiger partial charge in [0.05, 0.1) is 27.4 Å². The van der Waals surface area contributed by atoms with Crippen molar-refractivity contribution in [3.05, 3.63) is 34.5 Å². The van der Waals surface area contributed by atoms with Gasteiger partial charge in [0.2, 0.25) is 15.0 Å². The number of aryl methyl sites for hydroxylation is 1. The van der Waals surface area contributed by atoms with Crippen molar-refractivity contribution < 1.29 is 31.8 Å². The SMILES string of the molecule is Cc1nc2sc(C(C)(C)O)nn2c1-c1ccc(C(F)(F)F)c(S(=O)(=O)NC23CCC(O)(CC2)CC3)c1. The highest BCUT2D eigenvalue weighted by molar-refractivity contribution is 7.89. The number of sulfonamides is 1. The smallest absolute Gasteiger partial charge is 0.390 e. The highest BCUT2D eigenvalue weighted by Crippen LogP contribution is 2.48. The summed E-state index contributed by atoms with van der Waals surface area (Å²) in [5.74, 6) is 0. The van der Waals surface area contributed by atoms with Crippen molar-refractivity contribution in [2.24, 2.45) is 0 Å². The van der Waals surface area contributed by atoms with Gasteiger partial charge in [-0.2, -0.15) is 18.3 Å². The molecule has 6 rings (SSSR count). The van der Waals surface area contributed by atoms with Crippen LogP contribution in [-0.4, -0.2) is 44.4 Å². The molecule has 8 nitrogen and oxygen atoms in total. The predicted molar refractivity (Wildman–Crippen MR) is 127 cm³/mol. The van der Waals surface area contributed by atoms with Gasteiger partial charge >= 0.3 is 6.18 Å². The molecule has 3 N–H and O–H groups in total. The lowest BCUT2D eigenvalue weighted by Gasteiger charge is -2.50. The number of nitrogens with zero attached hydrogens (tertiary/aromatic N) is 3. The van der Waals surface area contributed by atoms with Crippen molar-refractivity contribution in [2.75, 3.05) is 0 Å². The van der Waals surface area contributed by atoms with Crippen molar-refractivity contribution >= 4 is 26.3 Å². The predicted octanol–water partition coefficient (Wildman–Crippen LogP) is 4.13. The summed E-state index contributed by atoms with van der Waals surface area (Å²) in [6, 6.07) is 2.99. The summed E-state index contributed by atoms with van der Waals surface area (Å²) in [6.07, 6.45) is -2.58. The highest BCUT2D eigenvalue weighted by Gasteiger charge is 2.50. The summed E-state index contributed by atoms with van der Waals surface area (Å²) in [5.41, 5.74) is -3.18. The largest absolute Gasteiger partial charge is 0.417 e. The van der Waals surface area contributed by atoms with Crippen LogP contribution in [0.1, 0.15) is 68.6 Å². The molecule has 2 aromatic heterocycles. The molecular formula is C23H27F3N4O4S2. The second-order valence-corrected chi connectivity index (χ2v) is 13.1. The number of nitrogens with one attached hydrogen (secondary N) is 1. The minimum atomic E-state index is -4.89. The first-order valence-electron chi connectivity index (χ1n) is 11.6. The van der Waals surface area contributed by atoms with E-state index >= 15 is 0 Å². The average Bonchev–Trinajstić information content (AvgIpc) is 3.30. The first-order chi connectivity index (χ1) is 16.5. The number of aliphatic hydroxyl groups is 2. The van der Waals surface area contributed by atoms with Crippen LogP contribution < -0.4 is 4.72 Å². The molecule has 3 saturated carbocycles. The molecule has 3 aromatic rings. The summed E-state index contributed by atoms with van der Waals surface area (Å²) >= 11 is 1.14. The van der Waals surface area contributed by atoms with Crippen LogP contribution in [0.4, 0.5) is 13.2 Å². The van der Waals surface area contributed by atoms with Crippen LogP contribution in [-0.2, 0) is 21.8 Å². The second-order valence-electron chi connectivity index (χ2n) is 10.5. The fraction of sp³-hybridized carbons (Fsp3) is 0.565. The van der Waals surface area contributed by atoms with E-state index in [9.17, 15) is 31.8 Å². The van der Waals surface area contributed by atoms with Gasteiger partial charge in [-0.15, -0.1) is 0 Å². The molecule has 0 atom stereocenters. The Bertz CT molecular complexity index is 1430. The maximum absolute atomic E-state index is 14.0. The number of hydrogen-bond donors (Lipinski definition) is 3. The van der Waals surface area contributed by atoms with Crippen LogP contribution in [0.2, 0.25) is 0 Å². The Kier molecular flexibility index (Phi) is 5.66. The molecule has 2 heterocycles. The molecule has 13 heteroatoms. The number of hydrogen-bond acceptors (Lipinski definition) is 7. The van der Waals surface area contributed by atoms with E-state index in [0.29, 0.717) is 59.9 Å². The molecule has 0 aliphatic heterocycles. The molecule has 3 fully saturated rings. The Hall–Kier alpha value is -2.06. The van der Waals surface area contributed by atoms with Gasteiger partial charge in [-0.3, -0.25) is 0 Å². The fourth-order valence-corrected chi connectivity index (χ4v) is 7.90. The van der Waals surface area contributed by atoms with E-state index in [-0.39, 0.29) is 5.56 Å². The molecule has 3 aliphatic rings. The van der Waals surface area contributed by atoms with Gasteiger partial charge in [0, 0.05) is 11.1 Å². The number of aromatic nitrogens is 3. The van der Waals surface area contributed by atoms with Crippen LogP contribution in [0.3, 0.4) is 0 Å². The van der Waals surface area contributed by atoms with Crippen LogP contribution in [0.15, 0.2) is 23.1 Å². The van der Waals surface area contributed by atoms with Gasteiger partial charge in [0.1, 0.15) is 10.6 Å². The second kappa shape index (κ2) is 7.97. The van der Waals surface area contributed by atoms with Crippen molar-refractivity contribution in [1.82, 2.24) is 19.3 Å². The summed E-state index contributed by atoms with van der Waals surface area (Å²) in [4.78, 5) is 3.98. The van der Waals surface area contributed by atoms with E-state index in [1.807, 2.05) is 0 Å². The van der Waals surface area contributed by atoms with E-state index < -0.39 is 43.4 Å². The van der Waals surface area contributed by atoms with Crippen LogP contribution >= 0.6 is 11.3 Å². The summed E-state index contributed by atoms with van der Waals surface area (Å²) in [7, 11) is -4.58. The summed E-state index contributed by atoms with van der Waals surface area (Å²) < 4.78 is 72.8. The molecule has 36 heavy (non-hydrogen) atoms. The number of halogens is 3. The lowest BCUT2D eigenvalue weighted by molar-refractivity contribution is -0.139. The molecule has 1 aromatic carbocycles. The number of rotatable bonds is 5. The molecule has 0 spiro atoms. The third-order valence-electron chi connectivity index (χ3n) is 7.31. The molecular weight excluding hydrogens is 517 g/mol. The summed E-state index contributed by atoms with van der Waals surface area (Å²) in [5, 5.41) is 25.5. The fourth-order valence-electron chi connectivity index (χ4n) is 5.21.